The van der Waals surface area contributed by atoms with Crippen LogP contribution in [0.3, 0.4) is 0 Å². The lowest BCUT2D eigenvalue weighted by atomic mass is 9.94. The Labute approximate surface area is 214 Å². The zero-order valence-corrected chi connectivity index (χ0v) is 20.4. The molecule has 1 fully saturated rings. The zero-order chi connectivity index (χ0) is 25.1. The van der Waals surface area contributed by atoms with Gasteiger partial charge in [0.25, 0.3) is 5.78 Å². The number of amides is 1. The van der Waals surface area contributed by atoms with Gasteiger partial charge in [0, 0.05) is 17.0 Å². The Bertz CT molecular complexity index is 1600. The predicted octanol–water partition coefficient (Wildman–Crippen LogP) is 6.04. The molecule has 0 aliphatic carbocycles. The molecule has 2 atom stereocenters. The third-order valence-electron chi connectivity index (χ3n) is 6.34. The molecule has 3 heterocycles. The number of fused-ring (bicyclic) bond motifs is 2. The number of halogens is 2. The van der Waals surface area contributed by atoms with Crippen LogP contribution in [0.5, 0.6) is 5.75 Å². The van der Waals surface area contributed by atoms with Crippen LogP contribution in [-0.2, 0) is 16.0 Å². The molecule has 0 spiro atoms. The summed E-state index contributed by atoms with van der Waals surface area (Å²) < 4.78 is 20.1. The van der Waals surface area contributed by atoms with E-state index in [4.69, 9.17) is 16.3 Å². The molecule has 6 rings (SSSR count). The Morgan fingerprint density at radius 3 is 2.69 bits per heavy atom. The van der Waals surface area contributed by atoms with E-state index in [-0.39, 0.29) is 22.6 Å². The maximum Gasteiger partial charge on any atom is 0.301 e. The maximum atomic E-state index is 13.8. The monoisotopic (exact) mass is 520 g/mol. The first-order chi connectivity index (χ1) is 17.3. The molecule has 0 unspecified atom stereocenters. The standard InChI is InChI=1S/C27H18ClFN2O4S/c1-13-10-16-11-15(4-9-20(16)35-13)24(32)22-23(14-2-5-17(28)6-3-14)31(26(34)25(22)33)27-30-19-8-7-18(29)12-21(19)36-27/h2-9,11-13,23,32H,10H2,1H3/t13-,23+/m1/s1. The van der Waals surface area contributed by atoms with Gasteiger partial charge in [0.1, 0.15) is 23.4 Å². The number of benzene rings is 3. The number of aliphatic hydroxyl groups excluding tert-OH is 1. The predicted molar refractivity (Wildman–Crippen MR) is 136 cm³/mol. The fourth-order valence-corrected chi connectivity index (χ4v) is 5.85. The average Bonchev–Trinajstić information content (AvgIpc) is 3.51. The van der Waals surface area contributed by atoms with E-state index in [1.165, 1.54) is 23.1 Å². The molecule has 0 saturated carbocycles. The van der Waals surface area contributed by atoms with Crippen molar-refractivity contribution in [1.29, 1.82) is 0 Å². The van der Waals surface area contributed by atoms with Crippen molar-refractivity contribution in [3.8, 4) is 5.75 Å². The lowest BCUT2D eigenvalue weighted by Crippen LogP contribution is -2.29. The second-order valence-electron chi connectivity index (χ2n) is 8.78. The molecule has 1 saturated heterocycles. The number of hydrogen-bond donors (Lipinski definition) is 1. The number of carbonyl (C=O) groups is 2. The van der Waals surface area contributed by atoms with E-state index in [2.05, 4.69) is 4.98 Å². The van der Waals surface area contributed by atoms with Gasteiger partial charge < -0.3 is 9.84 Å². The fraction of sp³-hybridized carbons (Fsp3) is 0.148. The molecular formula is C27H18ClFN2O4S. The summed E-state index contributed by atoms with van der Waals surface area (Å²) in [5, 5.41) is 12.1. The Morgan fingerprint density at radius 2 is 1.92 bits per heavy atom. The summed E-state index contributed by atoms with van der Waals surface area (Å²) in [7, 11) is 0. The van der Waals surface area contributed by atoms with Crippen LogP contribution in [0, 0.1) is 5.82 Å². The lowest BCUT2D eigenvalue weighted by Gasteiger charge is -2.23. The molecule has 1 N–H and O–H groups in total. The van der Waals surface area contributed by atoms with Gasteiger partial charge in [0.05, 0.1) is 21.8 Å². The summed E-state index contributed by atoms with van der Waals surface area (Å²) in [6.45, 7) is 1.95. The number of Topliss-reactive ketones (excluding diaryl/α,β-unsaturated/α-hetero) is 1. The lowest BCUT2D eigenvalue weighted by molar-refractivity contribution is -0.132. The molecular weight excluding hydrogens is 503 g/mol. The maximum absolute atomic E-state index is 13.8. The minimum atomic E-state index is -0.948. The van der Waals surface area contributed by atoms with Gasteiger partial charge in [-0.1, -0.05) is 35.1 Å². The van der Waals surface area contributed by atoms with Crippen LogP contribution < -0.4 is 9.64 Å². The van der Waals surface area contributed by atoms with Crippen molar-refractivity contribution in [2.24, 2.45) is 0 Å². The van der Waals surface area contributed by atoms with E-state index in [9.17, 15) is 19.1 Å². The van der Waals surface area contributed by atoms with Gasteiger partial charge in [-0.3, -0.25) is 14.5 Å². The number of aliphatic hydroxyl groups is 1. The molecule has 1 amide bonds. The van der Waals surface area contributed by atoms with Gasteiger partial charge in [0.15, 0.2) is 5.13 Å². The molecule has 180 valence electrons. The third kappa shape index (κ3) is 3.65. The number of nitrogens with zero attached hydrogens (tertiary/aromatic N) is 2. The Kier molecular flexibility index (Phi) is 5.31. The topological polar surface area (TPSA) is 79.7 Å². The van der Waals surface area contributed by atoms with Crippen molar-refractivity contribution in [3.63, 3.8) is 0 Å². The molecule has 2 aliphatic rings. The zero-order valence-electron chi connectivity index (χ0n) is 18.9. The molecule has 6 nitrogen and oxygen atoms in total. The number of anilines is 1. The van der Waals surface area contributed by atoms with Gasteiger partial charge in [0.2, 0.25) is 0 Å². The number of carbonyl (C=O) groups excluding carboxylic acids is 2. The number of thiazole rings is 1. The molecule has 1 aromatic heterocycles. The van der Waals surface area contributed by atoms with Gasteiger partial charge in [-0.05, 0) is 66.6 Å². The first-order valence-corrected chi connectivity index (χ1v) is 12.4. The second kappa shape index (κ2) is 8.43. The minimum absolute atomic E-state index is 0.0147. The highest BCUT2D eigenvalue weighted by atomic mass is 35.5. The SMILES string of the molecule is C[C@@H]1Cc2cc(C(O)=C3C(=O)C(=O)N(c4nc5ccc(F)cc5s4)[C@H]3c3ccc(Cl)cc3)ccc2O1. The summed E-state index contributed by atoms with van der Waals surface area (Å²) in [5.74, 6) is -1.64. The molecule has 4 aromatic rings. The van der Waals surface area contributed by atoms with Crippen molar-refractivity contribution in [2.45, 2.75) is 25.5 Å². The van der Waals surface area contributed by atoms with Gasteiger partial charge in [-0.2, -0.15) is 0 Å². The number of ketones is 1. The highest BCUT2D eigenvalue weighted by molar-refractivity contribution is 7.22. The average molecular weight is 521 g/mol. The normalized spacial score (nSPS) is 20.7. The summed E-state index contributed by atoms with van der Waals surface area (Å²) in [5.41, 5.74) is 2.34. The number of ether oxygens (including phenoxy) is 1. The highest BCUT2D eigenvalue weighted by Crippen LogP contribution is 2.45. The molecule has 2 aliphatic heterocycles. The van der Waals surface area contributed by atoms with Gasteiger partial charge in [-0.25, -0.2) is 9.37 Å². The quantitative estimate of drug-likeness (QED) is 0.202. The third-order valence-corrected chi connectivity index (χ3v) is 7.61. The number of aromatic nitrogens is 1. The van der Waals surface area contributed by atoms with Crippen molar-refractivity contribution in [2.75, 3.05) is 4.90 Å². The van der Waals surface area contributed by atoms with Crippen LogP contribution in [0.15, 0.2) is 66.2 Å². The minimum Gasteiger partial charge on any atom is -0.507 e. The van der Waals surface area contributed by atoms with E-state index in [1.807, 2.05) is 6.92 Å². The van der Waals surface area contributed by atoms with E-state index < -0.39 is 23.5 Å². The van der Waals surface area contributed by atoms with Crippen molar-refractivity contribution < 1.29 is 23.8 Å². The van der Waals surface area contributed by atoms with Crippen LogP contribution in [0.4, 0.5) is 9.52 Å². The molecule has 3 aromatic carbocycles. The van der Waals surface area contributed by atoms with E-state index in [0.29, 0.717) is 32.8 Å². The Morgan fingerprint density at radius 1 is 1.14 bits per heavy atom. The first kappa shape index (κ1) is 22.7. The van der Waals surface area contributed by atoms with Crippen LogP contribution in [0.25, 0.3) is 16.0 Å². The van der Waals surface area contributed by atoms with Crippen molar-refractivity contribution in [3.05, 3.63) is 93.8 Å². The van der Waals surface area contributed by atoms with Gasteiger partial charge in [-0.15, -0.1) is 0 Å². The van der Waals surface area contributed by atoms with E-state index in [1.54, 1.807) is 42.5 Å². The van der Waals surface area contributed by atoms with Crippen LogP contribution in [0.1, 0.15) is 29.7 Å². The second-order valence-corrected chi connectivity index (χ2v) is 10.2. The fourth-order valence-electron chi connectivity index (χ4n) is 4.70. The Hall–Kier alpha value is -3.75. The highest BCUT2D eigenvalue weighted by Gasteiger charge is 2.48. The van der Waals surface area contributed by atoms with Crippen LogP contribution >= 0.6 is 22.9 Å². The summed E-state index contributed by atoms with van der Waals surface area (Å²) in [6.07, 6.45) is 0.689. The first-order valence-electron chi connectivity index (χ1n) is 11.2. The summed E-state index contributed by atoms with van der Waals surface area (Å²) in [6, 6.07) is 15.1. The smallest absolute Gasteiger partial charge is 0.301 e. The molecule has 0 bridgehead atoms. The number of rotatable bonds is 3. The Balaban J connectivity index is 1.53. The molecule has 9 heteroatoms. The number of hydrogen-bond acceptors (Lipinski definition) is 6. The largest absolute Gasteiger partial charge is 0.507 e. The van der Waals surface area contributed by atoms with Crippen LogP contribution in [0.2, 0.25) is 5.02 Å². The summed E-state index contributed by atoms with van der Waals surface area (Å²) in [4.78, 5) is 32.5. The van der Waals surface area contributed by atoms with Gasteiger partial charge >= 0.3 is 5.91 Å². The molecule has 0 radical (unpaired) electrons. The summed E-state index contributed by atoms with van der Waals surface area (Å²) >= 11 is 7.19. The molecule has 36 heavy (non-hydrogen) atoms. The van der Waals surface area contributed by atoms with Crippen molar-refractivity contribution in [1.82, 2.24) is 4.98 Å². The van der Waals surface area contributed by atoms with E-state index >= 15 is 0 Å². The van der Waals surface area contributed by atoms with E-state index in [0.717, 1.165) is 22.6 Å². The van der Waals surface area contributed by atoms with Crippen molar-refractivity contribution >= 4 is 55.7 Å². The van der Waals surface area contributed by atoms with Crippen LogP contribution in [-0.4, -0.2) is 27.9 Å².